The van der Waals surface area contributed by atoms with E-state index in [9.17, 15) is 34.2 Å². The topological polar surface area (TPSA) is 165 Å². The molecule has 7 rings (SSSR count). The van der Waals surface area contributed by atoms with E-state index in [1.807, 2.05) is 27.4 Å². The van der Waals surface area contributed by atoms with Gasteiger partial charge in [-0.2, -0.15) is 5.10 Å². The van der Waals surface area contributed by atoms with Crippen molar-refractivity contribution < 1.29 is 33.8 Å². The summed E-state index contributed by atoms with van der Waals surface area (Å²) < 4.78 is 17.1. The minimum absolute atomic E-state index is 0.0456. The average Bonchev–Trinajstić information content (AvgIpc) is 3.80. The Kier molecular flexibility index (Phi) is 9.15. The molecule has 2 aromatic heterocycles. The minimum atomic E-state index is -1.34. The summed E-state index contributed by atoms with van der Waals surface area (Å²) >= 11 is 4.18. The largest absolute Gasteiger partial charge is 0.477 e. The monoisotopic (exact) mass is 726 g/mol. The Morgan fingerprint density at radius 1 is 1.10 bits per heavy atom. The molecule has 0 spiro atoms. The lowest BCUT2D eigenvalue weighted by atomic mass is 10.0. The number of β-lactam (4-membered cyclic amide) rings is 1. The van der Waals surface area contributed by atoms with E-state index < -0.39 is 40.5 Å². The van der Waals surface area contributed by atoms with Crippen LogP contribution in [0.25, 0.3) is 10.9 Å². The Morgan fingerprint density at radius 3 is 2.55 bits per heavy atom. The second kappa shape index (κ2) is 13.5. The number of carboxylic acids is 2. The molecule has 3 N–H and O–H groups in total. The van der Waals surface area contributed by atoms with Crippen LogP contribution >= 0.6 is 34.9 Å². The maximum absolute atomic E-state index is 15.3. The van der Waals surface area contributed by atoms with Crippen molar-refractivity contribution in [2.24, 2.45) is 5.10 Å². The van der Waals surface area contributed by atoms with Crippen molar-refractivity contribution in [2.45, 2.75) is 36.7 Å². The number of anilines is 1. The van der Waals surface area contributed by atoms with Gasteiger partial charge in [0.1, 0.15) is 28.5 Å². The van der Waals surface area contributed by atoms with Crippen LogP contribution in [0.1, 0.15) is 34.1 Å². The van der Waals surface area contributed by atoms with Crippen molar-refractivity contribution in [1.82, 2.24) is 19.8 Å². The summed E-state index contributed by atoms with van der Waals surface area (Å²) in [6, 6.07) is 5.78. The number of nitrogens with zero attached hydrogens (tertiary/aromatic N) is 5. The van der Waals surface area contributed by atoms with Gasteiger partial charge in [0, 0.05) is 47.1 Å². The second-order valence-corrected chi connectivity index (χ2v) is 15.0. The summed E-state index contributed by atoms with van der Waals surface area (Å²) in [4.78, 5) is 66.1. The third-order valence-electron chi connectivity index (χ3n) is 8.89. The number of thiophene rings is 1. The highest BCUT2D eigenvalue weighted by Crippen LogP contribution is 2.41. The van der Waals surface area contributed by atoms with Crippen LogP contribution in [-0.4, -0.2) is 103 Å². The number of aromatic nitrogens is 1. The van der Waals surface area contributed by atoms with Gasteiger partial charge in [0.05, 0.1) is 36.3 Å². The fourth-order valence-electron chi connectivity index (χ4n) is 6.29. The maximum atomic E-state index is 15.3. The Balaban J connectivity index is 0.953. The number of benzene rings is 1. The first-order valence-electron chi connectivity index (χ1n) is 15.6. The first-order chi connectivity index (χ1) is 23.6. The predicted molar refractivity (Wildman–Crippen MR) is 186 cm³/mol. The Bertz CT molecular complexity index is 1970. The summed E-state index contributed by atoms with van der Waals surface area (Å²) in [5.41, 5.74) is 1.97. The third-order valence-corrected chi connectivity index (χ3v) is 11.9. The van der Waals surface area contributed by atoms with Crippen LogP contribution in [0.4, 0.5) is 10.1 Å². The highest BCUT2D eigenvalue weighted by atomic mass is 32.2. The molecule has 2 amide bonds. The third kappa shape index (κ3) is 6.53. The molecule has 256 valence electrons. The first kappa shape index (κ1) is 33.2. The SMILES string of the molecule is O=C(Cc1cccs1)N[C@@H]1C(=O)N2C(C(=O)O)=C(CSC=NN3CCN(c4cc5c(cc4F)c(=O)c(C(=O)O)cn5C4CC4)CC3)CS[C@H]12. The smallest absolute Gasteiger partial charge is 0.352 e. The number of fused-ring (bicyclic) bond motifs is 2. The molecule has 1 saturated carbocycles. The van der Waals surface area contributed by atoms with Crippen LogP contribution in [0.15, 0.2) is 57.0 Å². The van der Waals surface area contributed by atoms with E-state index in [2.05, 4.69) is 10.4 Å². The quantitative estimate of drug-likeness (QED) is 0.151. The number of amides is 2. The van der Waals surface area contributed by atoms with Gasteiger partial charge in [0.25, 0.3) is 5.91 Å². The summed E-state index contributed by atoms with van der Waals surface area (Å²) in [7, 11) is 0. The van der Waals surface area contributed by atoms with Gasteiger partial charge in [-0.25, -0.2) is 14.0 Å². The summed E-state index contributed by atoms with van der Waals surface area (Å²) in [5.74, 6) is -3.12. The van der Waals surface area contributed by atoms with Gasteiger partial charge in [-0.1, -0.05) is 6.07 Å². The zero-order valence-electron chi connectivity index (χ0n) is 25.9. The molecule has 4 aliphatic rings. The van der Waals surface area contributed by atoms with Crippen molar-refractivity contribution in [3.05, 3.63) is 73.6 Å². The number of halogens is 1. The Morgan fingerprint density at radius 2 is 1.88 bits per heavy atom. The number of carbonyl (C=O) groups is 4. The number of hydrogen-bond acceptors (Lipinski definition) is 11. The number of nitrogens with one attached hydrogen (secondary N) is 1. The van der Waals surface area contributed by atoms with E-state index in [0.29, 0.717) is 54.5 Å². The molecule has 2 atom stereocenters. The molecule has 1 aromatic carbocycles. The van der Waals surface area contributed by atoms with E-state index in [-0.39, 0.29) is 35.0 Å². The van der Waals surface area contributed by atoms with Gasteiger partial charge in [-0.3, -0.25) is 24.3 Å². The predicted octanol–water partition coefficient (Wildman–Crippen LogP) is 3.02. The summed E-state index contributed by atoms with van der Waals surface area (Å²) in [5, 5.41) is 30.0. The lowest BCUT2D eigenvalue weighted by Gasteiger charge is -2.49. The van der Waals surface area contributed by atoms with Crippen molar-refractivity contribution in [3.63, 3.8) is 0 Å². The molecular weight excluding hydrogens is 696 g/mol. The van der Waals surface area contributed by atoms with Crippen LogP contribution in [-0.2, 0) is 20.8 Å². The first-order valence-corrected chi connectivity index (χ1v) is 18.6. The van der Waals surface area contributed by atoms with Gasteiger partial charge in [0.2, 0.25) is 11.3 Å². The standard InChI is InChI=1S/C32H31FN6O7S3/c33-22-11-20-23(38(18-3-4-18)13-21(28(20)41)31(43)44)12-24(22)36-5-7-37(8-6-36)34-16-47-14-17-15-49-30-26(29(42)39(30)27(17)32(45)46)35-25(40)10-19-2-1-9-48-19/h1-2,9,11-13,16,18,26,30H,3-8,10,14-15H2,(H,35,40)(H,43,44)(H,45,46)/t26-,30-/m1/s1. The van der Waals surface area contributed by atoms with E-state index >= 15 is 4.39 Å². The molecule has 3 aromatic rings. The lowest BCUT2D eigenvalue weighted by Crippen LogP contribution is -2.70. The van der Waals surface area contributed by atoms with Crippen molar-refractivity contribution >= 4 is 80.8 Å². The average molecular weight is 727 g/mol. The van der Waals surface area contributed by atoms with Crippen molar-refractivity contribution in [3.8, 4) is 0 Å². The molecule has 0 bridgehead atoms. The highest BCUT2D eigenvalue weighted by Gasteiger charge is 2.54. The number of carbonyl (C=O) groups excluding carboxylic acids is 2. The zero-order chi connectivity index (χ0) is 34.4. The fraction of sp³-hybridized carbons (Fsp3) is 0.375. The molecule has 3 aliphatic heterocycles. The number of aromatic carboxylic acids is 1. The van der Waals surface area contributed by atoms with Gasteiger partial charge < -0.3 is 25.0 Å². The highest BCUT2D eigenvalue weighted by molar-refractivity contribution is 8.12. The molecule has 5 heterocycles. The van der Waals surface area contributed by atoms with E-state index in [0.717, 1.165) is 23.8 Å². The van der Waals surface area contributed by atoms with E-state index in [1.165, 1.54) is 46.0 Å². The van der Waals surface area contributed by atoms with Gasteiger partial charge in [0.15, 0.2) is 0 Å². The summed E-state index contributed by atoms with van der Waals surface area (Å²) in [6.45, 7) is 1.90. The molecule has 49 heavy (non-hydrogen) atoms. The second-order valence-electron chi connectivity index (χ2n) is 12.1. The minimum Gasteiger partial charge on any atom is -0.477 e. The van der Waals surface area contributed by atoms with Gasteiger partial charge in [-0.05, 0) is 42.0 Å². The van der Waals surface area contributed by atoms with Crippen molar-refractivity contribution in [2.75, 3.05) is 42.6 Å². The number of hydrazone groups is 1. The normalized spacial score (nSPS) is 20.9. The number of carboxylic acid groups (broad SMARTS) is 2. The van der Waals surface area contributed by atoms with Crippen LogP contribution in [0.2, 0.25) is 0 Å². The number of thioether (sulfide) groups is 2. The van der Waals surface area contributed by atoms with E-state index in [4.69, 9.17) is 0 Å². The van der Waals surface area contributed by atoms with E-state index in [1.54, 1.807) is 16.2 Å². The molecule has 3 fully saturated rings. The molecule has 17 heteroatoms. The molecule has 0 radical (unpaired) electrons. The Labute approximate surface area is 291 Å². The molecule has 2 saturated heterocycles. The van der Waals surface area contributed by atoms with Gasteiger partial charge in [-0.15, -0.1) is 34.9 Å². The zero-order valence-corrected chi connectivity index (χ0v) is 28.4. The van der Waals surface area contributed by atoms with Gasteiger partial charge >= 0.3 is 11.9 Å². The van der Waals surface area contributed by atoms with Crippen molar-refractivity contribution in [1.29, 1.82) is 0 Å². The van der Waals surface area contributed by atoms with Crippen LogP contribution in [0.3, 0.4) is 0 Å². The summed E-state index contributed by atoms with van der Waals surface area (Å²) in [6.07, 6.45) is 3.25. The molecular formula is C32H31FN6O7S3. The number of hydrogen-bond donors (Lipinski definition) is 3. The molecule has 0 unspecified atom stereocenters. The lowest BCUT2D eigenvalue weighted by molar-refractivity contribution is -0.150. The molecule has 1 aliphatic carbocycles. The Hall–Kier alpha value is -4.35. The number of aliphatic carboxylic acids is 1. The number of piperazine rings is 1. The number of rotatable bonds is 11. The van der Waals surface area contributed by atoms with Crippen LogP contribution in [0.5, 0.6) is 0 Å². The fourth-order valence-corrected chi connectivity index (χ4v) is 9.18. The molecule has 13 nitrogen and oxygen atoms in total. The maximum Gasteiger partial charge on any atom is 0.352 e. The number of pyridine rings is 1. The van der Waals surface area contributed by atoms with Crippen LogP contribution < -0.4 is 15.6 Å². The van der Waals surface area contributed by atoms with Crippen LogP contribution in [0, 0.1) is 5.82 Å².